The van der Waals surface area contributed by atoms with Gasteiger partial charge in [-0.3, -0.25) is 4.79 Å². The molecule has 1 aromatic carbocycles. The van der Waals surface area contributed by atoms with Crippen molar-refractivity contribution >= 4 is 14.3 Å². The first kappa shape index (κ1) is 19.9. The molecule has 0 aliphatic rings. The van der Waals surface area contributed by atoms with Crippen molar-refractivity contribution in [2.75, 3.05) is 6.61 Å². The van der Waals surface area contributed by atoms with Crippen LogP contribution in [0, 0.1) is 0 Å². The Morgan fingerprint density at radius 2 is 1.65 bits per heavy atom. The molecule has 0 heterocycles. The molecule has 1 aromatic rings. The van der Waals surface area contributed by atoms with Crippen LogP contribution in [-0.4, -0.2) is 20.9 Å². The fraction of sp³-hybridized carbons (Fsp3) is 0.632. The van der Waals surface area contributed by atoms with Gasteiger partial charge in [0.05, 0.1) is 12.2 Å². The minimum atomic E-state index is -1.91. The molecular formula is C19H32O3Si. The summed E-state index contributed by atoms with van der Waals surface area (Å²) in [7, 11) is -1.91. The Kier molecular flexibility index (Phi) is 6.60. The molecule has 0 saturated carbocycles. The summed E-state index contributed by atoms with van der Waals surface area (Å²) in [6.07, 6.45) is 1.62. The first-order valence-corrected chi connectivity index (χ1v) is 11.3. The van der Waals surface area contributed by atoms with Crippen molar-refractivity contribution in [3.05, 3.63) is 35.9 Å². The van der Waals surface area contributed by atoms with E-state index in [1.165, 1.54) is 12.5 Å². The molecule has 0 saturated heterocycles. The van der Waals surface area contributed by atoms with E-state index in [1.807, 2.05) is 6.07 Å². The molecule has 0 spiro atoms. The Balaban J connectivity index is 2.95. The number of carbonyl (C=O) groups excluding carboxylic acids is 1. The zero-order valence-electron chi connectivity index (χ0n) is 15.7. The summed E-state index contributed by atoms with van der Waals surface area (Å²) >= 11 is 0. The maximum Gasteiger partial charge on any atom is 0.302 e. The zero-order valence-corrected chi connectivity index (χ0v) is 16.7. The Hall–Kier alpha value is -1.13. The van der Waals surface area contributed by atoms with Crippen molar-refractivity contribution in [1.29, 1.82) is 0 Å². The van der Waals surface area contributed by atoms with Crippen LogP contribution in [0.4, 0.5) is 0 Å². The van der Waals surface area contributed by atoms with Crippen molar-refractivity contribution in [1.82, 2.24) is 0 Å². The van der Waals surface area contributed by atoms with E-state index >= 15 is 0 Å². The third kappa shape index (κ3) is 5.77. The van der Waals surface area contributed by atoms with Gasteiger partial charge in [0.2, 0.25) is 0 Å². The molecule has 0 fully saturated rings. The van der Waals surface area contributed by atoms with E-state index in [0.717, 1.165) is 12.8 Å². The van der Waals surface area contributed by atoms with Crippen molar-refractivity contribution in [2.45, 2.75) is 71.2 Å². The van der Waals surface area contributed by atoms with Crippen LogP contribution < -0.4 is 0 Å². The van der Waals surface area contributed by atoms with Gasteiger partial charge in [-0.25, -0.2) is 0 Å². The lowest BCUT2D eigenvalue weighted by Crippen LogP contribution is -2.47. The SMILES string of the molecule is CC(=O)OCCC[C@@](C)(O[Si](C)(C)C(C)(C)C)c1ccccc1. The van der Waals surface area contributed by atoms with E-state index in [2.05, 4.69) is 65.1 Å². The van der Waals surface area contributed by atoms with Gasteiger partial charge in [-0.2, -0.15) is 0 Å². The van der Waals surface area contributed by atoms with Crippen LogP contribution in [-0.2, 0) is 19.6 Å². The number of ether oxygens (including phenoxy) is 1. The Labute approximate surface area is 142 Å². The van der Waals surface area contributed by atoms with Gasteiger partial charge in [0.1, 0.15) is 0 Å². The number of rotatable bonds is 7. The summed E-state index contributed by atoms with van der Waals surface area (Å²) in [5, 5.41) is 0.152. The van der Waals surface area contributed by atoms with E-state index in [1.54, 1.807) is 0 Å². The second-order valence-electron chi connectivity index (χ2n) is 7.90. The fourth-order valence-corrected chi connectivity index (χ4v) is 4.04. The van der Waals surface area contributed by atoms with Gasteiger partial charge < -0.3 is 9.16 Å². The maximum atomic E-state index is 11.0. The molecule has 0 aliphatic heterocycles. The predicted octanol–water partition coefficient (Wildman–Crippen LogP) is 5.27. The number of carbonyl (C=O) groups is 1. The van der Waals surface area contributed by atoms with E-state index in [-0.39, 0.29) is 16.6 Å². The molecule has 4 heteroatoms. The van der Waals surface area contributed by atoms with Crippen LogP contribution in [0.1, 0.15) is 53.0 Å². The quantitative estimate of drug-likeness (QED) is 0.387. The highest BCUT2D eigenvalue weighted by atomic mass is 28.4. The van der Waals surface area contributed by atoms with Crippen LogP contribution in [0.2, 0.25) is 18.1 Å². The number of hydrogen-bond acceptors (Lipinski definition) is 3. The summed E-state index contributed by atoms with van der Waals surface area (Å²) in [6.45, 7) is 15.4. The number of benzene rings is 1. The van der Waals surface area contributed by atoms with Crippen LogP contribution in [0.5, 0.6) is 0 Å². The highest BCUT2D eigenvalue weighted by Crippen LogP contribution is 2.43. The maximum absolute atomic E-state index is 11.0. The smallest absolute Gasteiger partial charge is 0.302 e. The topological polar surface area (TPSA) is 35.5 Å². The van der Waals surface area contributed by atoms with Gasteiger partial charge in [0, 0.05) is 6.92 Å². The van der Waals surface area contributed by atoms with Gasteiger partial charge in [-0.1, -0.05) is 51.1 Å². The van der Waals surface area contributed by atoms with E-state index in [0.29, 0.717) is 6.61 Å². The van der Waals surface area contributed by atoms with Crippen molar-refractivity contribution in [2.24, 2.45) is 0 Å². The van der Waals surface area contributed by atoms with Crippen LogP contribution >= 0.6 is 0 Å². The molecule has 0 unspecified atom stereocenters. The van der Waals surface area contributed by atoms with Crippen LogP contribution in [0.3, 0.4) is 0 Å². The highest BCUT2D eigenvalue weighted by molar-refractivity contribution is 6.74. The zero-order chi connectivity index (χ0) is 17.7. The lowest BCUT2D eigenvalue weighted by atomic mass is 9.91. The average molecular weight is 337 g/mol. The molecule has 3 nitrogen and oxygen atoms in total. The predicted molar refractivity (Wildman–Crippen MR) is 97.9 cm³/mol. The second-order valence-corrected chi connectivity index (χ2v) is 12.6. The lowest BCUT2D eigenvalue weighted by molar-refractivity contribution is -0.141. The van der Waals surface area contributed by atoms with Gasteiger partial charge in [0.25, 0.3) is 0 Å². The fourth-order valence-electron chi connectivity index (χ4n) is 2.39. The average Bonchev–Trinajstić information content (AvgIpc) is 2.43. The Morgan fingerprint density at radius 3 is 2.13 bits per heavy atom. The summed E-state index contributed by atoms with van der Waals surface area (Å²) in [5.74, 6) is -0.225. The molecule has 0 aliphatic carbocycles. The standard InChI is InChI=1S/C19H32O3Si/c1-16(20)21-15-11-14-19(5,17-12-9-8-10-13-17)22-23(6,7)18(2,3)4/h8-10,12-13H,11,14-15H2,1-7H3/t19-/m1/s1. The Bertz CT molecular complexity index is 505. The number of hydrogen-bond donors (Lipinski definition) is 0. The first-order chi connectivity index (χ1) is 10.5. The van der Waals surface area contributed by atoms with Gasteiger partial charge in [0.15, 0.2) is 8.32 Å². The third-order valence-corrected chi connectivity index (χ3v) is 9.35. The van der Waals surface area contributed by atoms with E-state index in [9.17, 15) is 4.79 Å². The molecule has 0 N–H and O–H groups in total. The molecule has 23 heavy (non-hydrogen) atoms. The molecule has 1 rings (SSSR count). The van der Waals surface area contributed by atoms with Crippen molar-refractivity contribution in [3.8, 4) is 0 Å². The van der Waals surface area contributed by atoms with Crippen LogP contribution in [0.15, 0.2) is 30.3 Å². The van der Waals surface area contributed by atoms with Crippen LogP contribution in [0.25, 0.3) is 0 Å². The minimum absolute atomic E-state index is 0.152. The lowest BCUT2D eigenvalue weighted by Gasteiger charge is -2.44. The molecule has 0 bridgehead atoms. The molecule has 0 aromatic heterocycles. The van der Waals surface area contributed by atoms with Gasteiger partial charge >= 0.3 is 5.97 Å². The molecule has 0 amide bonds. The molecular weight excluding hydrogens is 304 g/mol. The summed E-state index contributed by atoms with van der Waals surface area (Å²) < 4.78 is 11.9. The minimum Gasteiger partial charge on any atom is -0.466 e. The third-order valence-electron chi connectivity index (χ3n) is 4.77. The normalized spacial score (nSPS) is 15.1. The summed E-state index contributed by atoms with van der Waals surface area (Å²) in [6, 6.07) is 10.4. The second kappa shape index (κ2) is 7.62. The first-order valence-electron chi connectivity index (χ1n) is 8.37. The Morgan fingerprint density at radius 1 is 1.09 bits per heavy atom. The van der Waals surface area contributed by atoms with Gasteiger partial charge in [-0.15, -0.1) is 0 Å². The molecule has 0 radical (unpaired) electrons. The van der Waals surface area contributed by atoms with E-state index in [4.69, 9.17) is 9.16 Å². The summed E-state index contributed by atoms with van der Waals surface area (Å²) in [4.78, 5) is 11.0. The monoisotopic (exact) mass is 336 g/mol. The van der Waals surface area contributed by atoms with Gasteiger partial charge in [-0.05, 0) is 43.5 Å². The van der Waals surface area contributed by atoms with Crippen molar-refractivity contribution in [3.63, 3.8) is 0 Å². The molecule has 130 valence electrons. The highest BCUT2D eigenvalue weighted by Gasteiger charge is 2.43. The molecule has 1 atom stereocenters. The van der Waals surface area contributed by atoms with Crippen molar-refractivity contribution < 1.29 is 14.0 Å². The largest absolute Gasteiger partial charge is 0.466 e. The summed E-state index contributed by atoms with van der Waals surface area (Å²) in [5.41, 5.74) is 0.831. The number of esters is 1. The van der Waals surface area contributed by atoms with E-state index < -0.39 is 8.32 Å².